The highest BCUT2D eigenvalue weighted by atomic mass is 32.2. The molecule has 0 fully saturated rings. The van der Waals surface area contributed by atoms with Crippen LogP contribution < -0.4 is 5.32 Å². The van der Waals surface area contributed by atoms with Crippen LogP contribution in [0.25, 0.3) is 0 Å². The molecule has 0 aliphatic rings. The van der Waals surface area contributed by atoms with Crippen LogP contribution in [0.3, 0.4) is 0 Å². The zero-order valence-electron chi connectivity index (χ0n) is 11.4. The molecule has 0 spiro atoms. The van der Waals surface area contributed by atoms with E-state index in [0.717, 1.165) is 10.6 Å². The van der Waals surface area contributed by atoms with Gasteiger partial charge < -0.3 is 20.1 Å². The molecule has 1 aromatic carbocycles. The molecule has 1 unspecified atom stereocenters. The number of ether oxygens (including phenoxy) is 1. The molecule has 0 radical (unpaired) electrons. The minimum absolute atomic E-state index is 0.208. The Hall–Kier alpha value is -1.24. The zero-order chi connectivity index (χ0) is 14.3. The summed E-state index contributed by atoms with van der Waals surface area (Å²) in [6.07, 6.45) is 1.32. The Morgan fingerprint density at radius 3 is 2.63 bits per heavy atom. The molecule has 2 amide bonds. The number of carbonyl (C=O) groups excluding carboxylic acids is 1. The van der Waals surface area contributed by atoms with E-state index in [2.05, 4.69) is 5.32 Å². The molecular weight excluding hydrogens is 264 g/mol. The monoisotopic (exact) mass is 284 g/mol. The van der Waals surface area contributed by atoms with Gasteiger partial charge in [0.05, 0.1) is 19.3 Å². The van der Waals surface area contributed by atoms with E-state index >= 15 is 0 Å². The number of thioether (sulfide) groups is 1. The molecule has 0 heterocycles. The first-order valence-corrected chi connectivity index (χ1v) is 7.12. The predicted molar refractivity (Wildman–Crippen MR) is 77.8 cm³/mol. The summed E-state index contributed by atoms with van der Waals surface area (Å²) in [6, 6.07) is 7.33. The Labute approximate surface area is 117 Å². The van der Waals surface area contributed by atoms with Crippen LogP contribution in [-0.2, 0) is 4.74 Å². The van der Waals surface area contributed by atoms with Gasteiger partial charge in [0.1, 0.15) is 0 Å². The Morgan fingerprint density at radius 1 is 1.47 bits per heavy atom. The molecule has 6 heteroatoms. The van der Waals surface area contributed by atoms with E-state index in [-0.39, 0.29) is 19.2 Å². The summed E-state index contributed by atoms with van der Waals surface area (Å²) in [7, 11) is 3.14. The van der Waals surface area contributed by atoms with Crippen molar-refractivity contribution in [1.82, 2.24) is 4.90 Å². The number of methoxy groups -OCH3 is 1. The lowest BCUT2D eigenvalue weighted by molar-refractivity contribution is 0.0501. The minimum Gasteiger partial charge on any atom is -0.389 e. The quantitative estimate of drug-likeness (QED) is 0.783. The van der Waals surface area contributed by atoms with E-state index in [1.54, 1.807) is 18.8 Å². The molecule has 2 N–H and O–H groups in total. The maximum atomic E-state index is 11.9. The van der Waals surface area contributed by atoms with Crippen LogP contribution in [-0.4, -0.2) is 55.7 Å². The second-order valence-corrected chi connectivity index (χ2v) is 5.03. The van der Waals surface area contributed by atoms with Crippen LogP contribution in [0, 0.1) is 0 Å². The molecular formula is C13H20N2O3S. The van der Waals surface area contributed by atoms with Gasteiger partial charge in [-0.05, 0) is 30.5 Å². The minimum atomic E-state index is -0.681. The van der Waals surface area contributed by atoms with E-state index in [4.69, 9.17) is 4.74 Å². The molecule has 19 heavy (non-hydrogen) atoms. The van der Waals surface area contributed by atoms with Gasteiger partial charge in [0.15, 0.2) is 0 Å². The first-order chi connectivity index (χ1) is 9.06. The van der Waals surface area contributed by atoms with Gasteiger partial charge in [0, 0.05) is 24.7 Å². The average molecular weight is 284 g/mol. The van der Waals surface area contributed by atoms with E-state index in [1.165, 1.54) is 12.0 Å². The second kappa shape index (κ2) is 8.04. The van der Waals surface area contributed by atoms with Gasteiger partial charge in [-0.15, -0.1) is 11.8 Å². The number of nitrogens with one attached hydrogen (secondary N) is 1. The van der Waals surface area contributed by atoms with Gasteiger partial charge in [-0.1, -0.05) is 0 Å². The maximum Gasteiger partial charge on any atom is 0.321 e. The van der Waals surface area contributed by atoms with Crippen LogP contribution >= 0.6 is 11.8 Å². The molecule has 0 aromatic heterocycles. The molecule has 1 rings (SSSR count). The summed E-state index contributed by atoms with van der Waals surface area (Å²) < 4.78 is 4.82. The molecule has 5 nitrogen and oxygen atoms in total. The highest BCUT2D eigenvalue weighted by Crippen LogP contribution is 2.17. The fourth-order valence-electron chi connectivity index (χ4n) is 1.54. The largest absolute Gasteiger partial charge is 0.389 e. The van der Waals surface area contributed by atoms with Gasteiger partial charge in [0.2, 0.25) is 0 Å². The van der Waals surface area contributed by atoms with Crippen molar-refractivity contribution in [2.24, 2.45) is 0 Å². The third-order valence-electron chi connectivity index (χ3n) is 2.53. The number of rotatable bonds is 6. The van der Waals surface area contributed by atoms with Gasteiger partial charge in [0.25, 0.3) is 0 Å². The van der Waals surface area contributed by atoms with Crippen molar-refractivity contribution in [3.05, 3.63) is 24.3 Å². The number of carbonyl (C=O) groups is 1. The third kappa shape index (κ3) is 5.50. The molecule has 0 bridgehead atoms. The SMILES string of the molecule is COCC(O)CN(C)C(=O)Nc1ccc(SC)cc1. The topological polar surface area (TPSA) is 61.8 Å². The van der Waals surface area contributed by atoms with E-state index in [0.29, 0.717) is 0 Å². The summed E-state index contributed by atoms with van der Waals surface area (Å²) in [6.45, 7) is 0.433. The van der Waals surface area contributed by atoms with Crippen molar-refractivity contribution < 1.29 is 14.6 Å². The lowest BCUT2D eigenvalue weighted by atomic mass is 10.3. The number of anilines is 1. The van der Waals surface area contributed by atoms with Crippen LogP contribution in [0.5, 0.6) is 0 Å². The standard InChI is InChI=1S/C13H20N2O3S/c1-15(8-11(16)9-18-2)13(17)14-10-4-6-12(19-3)7-5-10/h4-7,11,16H,8-9H2,1-3H3,(H,14,17). The second-order valence-electron chi connectivity index (χ2n) is 4.15. The van der Waals surface area contributed by atoms with Crippen molar-refractivity contribution in [3.8, 4) is 0 Å². The Morgan fingerprint density at radius 2 is 2.11 bits per heavy atom. The fourth-order valence-corrected chi connectivity index (χ4v) is 1.95. The number of amides is 2. The van der Waals surface area contributed by atoms with Crippen molar-refractivity contribution in [3.63, 3.8) is 0 Å². The van der Waals surface area contributed by atoms with Gasteiger partial charge in [-0.2, -0.15) is 0 Å². The normalized spacial score (nSPS) is 12.0. The number of aliphatic hydroxyl groups excluding tert-OH is 1. The zero-order valence-corrected chi connectivity index (χ0v) is 12.2. The lowest BCUT2D eigenvalue weighted by Crippen LogP contribution is -2.38. The number of nitrogens with zero attached hydrogens (tertiary/aromatic N) is 1. The highest BCUT2D eigenvalue weighted by Gasteiger charge is 2.13. The molecule has 0 saturated heterocycles. The number of urea groups is 1. The number of aliphatic hydroxyl groups is 1. The molecule has 1 aromatic rings. The first kappa shape index (κ1) is 15.8. The first-order valence-electron chi connectivity index (χ1n) is 5.90. The summed E-state index contributed by atoms with van der Waals surface area (Å²) in [5, 5.41) is 12.3. The Kier molecular flexibility index (Phi) is 6.69. The van der Waals surface area contributed by atoms with Crippen LogP contribution in [0.2, 0.25) is 0 Å². The summed E-state index contributed by atoms with van der Waals surface area (Å²) in [5.74, 6) is 0. The smallest absolute Gasteiger partial charge is 0.321 e. The van der Waals surface area contributed by atoms with Crippen LogP contribution in [0.15, 0.2) is 29.2 Å². The molecule has 0 saturated carbocycles. The van der Waals surface area contributed by atoms with E-state index in [9.17, 15) is 9.90 Å². The molecule has 106 valence electrons. The number of likely N-dealkylation sites (N-methyl/N-ethyl adjacent to an activating group) is 1. The third-order valence-corrected chi connectivity index (χ3v) is 3.28. The molecule has 1 atom stereocenters. The van der Waals surface area contributed by atoms with Crippen molar-refractivity contribution >= 4 is 23.5 Å². The lowest BCUT2D eigenvalue weighted by Gasteiger charge is -2.21. The van der Waals surface area contributed by atoms with Crippen molar-refractivity contribution in [1.29, 1.82) is 0 Å². The summed E-state index contributed by atoms with van der Waals surface area (Å²) in [4.78, 5) is 14.4. The van der Waals surface area contributed by atoms with E-state index < -0.39 is 6.10 Å². The Balaban J connectivity index is 2.48. The highest BCUT2D eigenvalue weighted by molar-refractivity contribution is 7.98. The maximum absolute atomic E-state index is 11.9. The van der Waals surface area contributed by atoms with Gasteiger partial charge >= 0.3 is 6.03 Å². The number of benzene rings is 1. The van der Waals surface area contributed by atoms with Crippen LogP contribution in [0.1, 0.15) is 0 Å². The number of hydrogen-bond acceptors (Lipinski definition) is 4. The average Bonchev–Trinajstić information content (AvgIpc) is 2.39. The van der Waals surface area contributed by atoms with Crippen molar-refractivity contribution in [2.75, 3.05) is 38.9 Å². The number of hydrogen-bond donors (Lipinski definition) is 2. The van der Waals surface area contributed by atoms with Crippen LogP contribution in [0.4, 0.5) is 10.5 Å². The summed E-state index contributed by atoms with van der Waals surface area (Å²) in [5.41, 5.74) is 0.732. The fraction of sp³-hybridized carbons (Fsp3) is 0.462. The van der Waals surface area contributed by atoms with Crippen molar-refractivity contribution in [2.45, 2.75) is 11.0 Å². The van der Waals surface area contributed by atoms with Gasteiger partial charge in [-0.25, -0.2) is 4.79 Å². The molecule has 0 aliphatic heterocycles. The molecule has 0 aliphatic carbocycles. The predicted octanol–water partition coefficient (Wildman–Crippen LogP) is 1.88. The Bertz CT molecular complexity index is 397. The summed E-state index contributed by atoms with van der Waals surface area (Å²) >= 11 is 1.65. The van der Waals surface area contributed by atoms with Gasteiger partial charge in [-0.3, -0.25) is 0 Å². The van der Waals surface area contributed by atoms with E-state index in [1.807, 2.05) is 30.5 Å².